The highest BCUT2D eigenvalue weighted by Crippen LogP contribution is 2.25. The van der Waals surface area contributed by atoms with Crippen LogP contribution in [0.15, 0.2) is 15.4 Å². The number of hydrogen-bond donors (Lipinski definition) is 0. The van der Waals surface area contributed by atoms with E-state index in [0.717, 1.165) is 24.3 Å². The molecule has 6 nitrogen and oxygen atoms in total. The van der Waals surface area contributed by atoms with E-state index in [1.54, 1.807) is 4.57 Å². The number of pyridine rings is 1. The summed E-state index contributed by atoms with van der Waals surface area (Å²) in [7, 11) is 0. The van der Waals surface area contributed by atoms with Gasteiger partial charge < -0.3 is 13.8 Å². The van der Waals surface area contributed by atoms with Crippen molar-refractivity contribution >= 4 is 0 Å². The fourth-order valence-electron chi connectivity index (χ4n) is 2.82. The molecule has 1 aliphatic rings. The molecule has 0 amide bonds. The first kappa shape index (κ1) is 14.0. The Morgan fingerprint density at radius 2 is 2.24 bits per heavy atom. The molecule has 112 valence electrons. The normalized spacial score (nSPS) is 18.3. The van der Waals surface area contributed by atoms with Crippen molar-refractivity contribution in [3.05, 3.63) is 33.5 Å². The van der Waals surface area contributed by atoms with E-state index < -0.39 is 0 Å². The molecule has 1 fully saturated rings. The van der Waals surface area contributed by atoms with Crippen molar-refractivity contribution in [1.82, 2.24) is 14.7 Å². The third-order valence-corrected chi connectivity index (χ3v) is 3.97. The molecule has 21 heavy (non-hydrogen) atoms. The molecule has 0 spiro atoms. The van der Waals surface area contributed by atoms with Gasteiger partial charge in [0.05, 0.1) is 6.61 Å². The number of aryl methyl sites for hydroxylation is 2. The second kappa shape index (κ2) is 5.44. The van der Waals surface area contributed by atoms with Gasteiger partial charge in [-0.25, -0.2) is 0 Å². The van der Waals surface area contributed by atoms with Crippen molar-refractivity contribution in [2.75, 3.05) is 13.2 Å². The lowest BCUT2D eigenvalue weighted by Crippen LogP contribution is -2.24. The molecule has 0 radical (unpaired) electrons. The zero-order chi connectivity index (χ0) is 15.0. The Morgan fingerprint density at radius 3 is 2.90 bits per heavy atom. The molecule has 1 unspecified atom stereocenters. The van der Waals surface area contributed by atoms with Crippen molar-refractivity contribution < 1.29 is 9.26 Å². The zero-order valence-corrected chi connectivity index (χ0v) is 12.5. The maximum atomic E-state index is 12.6. The van der Waals surface area contributed by atoms with E-state index in [2.05, 4.69) is 10.1 Å². The minimum absolute atomic E-state index is 0.0760. The Bertz CT molecular complexity index is 711. The van der Waals surface area contributed by atoms with Crippen LogP contribution < -0.4 is 5.56 Å². The smallest absolute Gasteiger partial charge is 0.263 e. The second-order valence-electron chi connectivity index (χ2n) is 5.41. The van der Waals surface area contributed by atoms with Crippen molar-refractivity contribution in [2.24, 2.45) is 0 Å². The van der Waals surface area contributed by atoms with Crippen molar-refractivity contribution in [1.29, 1.82) is 0 Å². The third-order valence-electron chi connectivity index (χ3n) is 3.97. The summed E-state index contributed by atoms with van der Waals surface area (Å²) in [6.07, 6.45) is 0.894. The Morgan fingerprint density at radius 1 is 1.43 bits per heavy atom. The number of nitrogens with zero attached hydrogens (tertiary/aromatic N) is 3. The van der Waals surface area contributed by atoms with Gasteiger partial charge in [0.1, 0.15) is 5.56 Å². The van der Waals surface area contributed by atoms with Crippen LogP contribution in [0.25, 0.3) is 11.5 Å². The summed E-state index contributed by atoms with van der Waals surface area (Å²) in [4.78, 5) is 17.0. The molecule has 0 saturated carbocycles. The highest BCUT2D eigenvalue weighted by Gasteiger charge is 2.25. The maximum absolute atomic E-state index is 12.6. The van der Waals surface area contributed by atoms with Crippen LogP contribution in [0.3, 0.4) is 0 Å². The molecular weight excluding hydrogens is 270 g/mol. The molecule has 6 heteroatoms. The molecule has 0 N–H and O–H groups in total. The van der Waals surface area contributed by atoms with E-state index in [0.29, 0.717) is 30.4 Å². The SMILES string of the molecule is CCn1c(C)cc(C)c(-c2nc(C3CCOC3)no2)c1=O. The quantitative estimate of drug-likeness (QED) is 0.864. The van der Waals surface area contributed by atoms with Gasteiger partial charge in [-0.3, -0.25) is 4.79 Å². The Kier molecular flexibility index (Phi) is 3.63. The molecule has 1 atom stereocenters. The van der Waals surface area contributed by atoms with Crippen LogP contribution in [0.2, 0.25) is 0 Å². The van der Waals surface area contributed by atoms with E-state index in [9.17, 15) is 4.79 Å². The third kappa shape index (κ3) is 2.40. The topological polar surface area (TPSA) is 70.2 Å². The summed E-state index contributed by atoms with van der Waals surface area (Å²) >= 11 is 0. The van der Waals surface area contributed by atoms with Gasteiger partial charge in [-0.2, -0.15) is 4.98 Å². The second-order valence-corrected chi connectivity index (χ2v) is 5.41. The predicted octanol–water partition coefficient (Wildman–Crippen LogP) is 2.04. The molecule has 1 saturated heterocycles. The van der Waals surface area contributed by atoms with E-state index >= 15 is 0 Å². The molecule has 0 aromatic carbocycles. The fourth-order valence-corrected chi connectivity index (χ4v) is 2.82. The van der Waals surface area contributed by atoms with Crippen LogP contribution in [-0.4, -0.2) is 27.9 Å². The van der Waals surface area contributed by atoms with Gasteiger partial charge in [-0.1, -0.05) is 5.16 Å². The van der Waals surface area contributed by atoms with Crippen LogP contribution in [0, 0.1) is 13.8 Å². The summed E-state index contributed by atoms with van der Waals surface area (Å²) in [5, 5.41) is 4.02. The van der Waals surface area contributed by atoms with Gasteiger partial charge in [0.2, 0.25) is 0 Å². The van der Waals surface area contributed by atoms with Crippen LogP contribution in [0.1, 0.15) is 36.3 Å². The first-order valence-electron chi connectivity index (χ1n) is 7.24. The Hall–Kier alpha value is -1.95. The van der Waals surface area contributed by atoms with Gasteiger partial charge in [0.15, 0.2) is 5.82 Å². The zero-order valence-electron chi connectivity index (χ0n) is 12.5. The van der Waals surface area contributed by atoms with Gasteiger partial charge >= 0.3 is 0 Å². The molecule has 3 heterocycles. The minimum atomic E-state index is -0.0760. The molecule has 0 bridgehead atoms. The highest BCUT2D eigenvalue weighted by molar-refractivity contribution is 5.57. The number of hydrogen-bond acceptors (Lipinski definition) is 5. The van der Waals surface area contributed by atoms with Crippen LogP contribution in [0.4, 0.5) is 0 Å². The number of ether oxygens (including phenoxy) is 1. The molecule has 3 rings (SSSR count). The Balaban J connectivity index is 2.06. The number of rotatable bonds is 3. The van der Waals surface area contributed by atoms with Crippen molar-refractivity contribution in [3.63, 3.8) is 0 Å². The fraction of sp³-hybridized carbons (Fsp3) is 0.533. The average Bonchev–Trinajstić information content (AvgIpc) is 3.09. The molecule has 2 aromatic rings. The summed E-state index contributed by atoms with van der Waals surface area (Å²) in [5.41, 5.74) is 2.22. The minimum Gasteiger partial charge on any atom is -0.381 e. The van der Waals surface area contributed by atoms with E-state index in [1.807, 2.05) is 26.8 Å². The van der Waals surface area contributed by atoms with Crippen molar-refractivity contribution in [3.8, 4) is 11.5 Å². The van der Waals surface area contributed by atoms with Gasteiger partial charge in [-0.05, 0) is 38.8 Å². The number of aromatic nitrogens is 3. The van der Waals surface area contributed by atoms with E-state index in [4.69, 9.17) is 9.26 Å². The van der Waals surface area contributed by atoms with Crippen LogP contribution in [-0.2, 0) is 11.3 Å². The predicted molar refractivity (Wildman–Crippen MR) is 77.3 cm³/mol. The average molecular weight is 289 g/mol. The van der Waals surface area contributed by atoms with Gasteiger partial charge in [-0.15, -0.1) is 0 Å². The summed E-state index contributed by atoms with van der Waals surface area (Å²) in [6, 6.07) is 1.97. The van der Waals surface area contributed by atoms with Gasteiger partial charge in [0.25, 0.3) is 11.4 Å². The first-order chi connectivity index (χ1) is 10.1. The lowest BCUT2D eigenvalue weighted by atomic mass is 10.1. The van der Waals surface area contributed by atoms with Crippen LogP contribution in [0.5, 0.6) is 0 Å². The Labute approximate surface area is 122 Å². The highest BCUT2D eigenvalue weighted by atomic mass is 16.5. The summed E-state index contributed by atoms with van der Waals surface area (Å²) < 4.78 is 12.4. The molecule has 0 aliphatic carbocycles. The lowest BCUT2D eigenvalue weighted by molar-refractivity contribution is 0.192. The largest absolute Gasteiger partial charge is 0.381 e. The first-order valence-corrected chi connectivity index (χ1v) is 7.24. The van der Waals surface area contributed by atoms with Crippen molar-refractivity contribution in [2.45, 2.75) is 39.7 Å². The van der Waals surface area contributed by atoms with E-state index in [-0.39, 0.29) is 11.5 Å². The molecule has 2 aromatic heterocycles. The standard InChI is InChI=1S/C15H19N3O3/c1-4-18-10(3)7-9(2)12(15(18)19)14-16-13(17-21-14)11-5-6-20-8-11/h7,11H,4-6,8H2,1-3H3. The lowest BCUT2D eigenvalue weighted by Gasteiger charge is -2.10. The molecule has 1 aliphatic heterocycles. The maximum Gasteiger partial charge on any atom is 0.263 e. The molecular formula is C15H19N3O3. The van der Waals surface area contributed by atoms with E-state index in [1.165, 1.54) is 0 Å². The summed E-state index contributed by atoms with van der Waals surface area (Å²) in [6.45, 7) is 7.73. The van der Waals surface area contributed by atoms with Gasteiger partial charge in [0, 0.05) is 24.8 Å². The summed E-state index contributed by atoms with van der Waals surface area (Å²) in [5.74, 6) is 1.10. The monoisotopic (exact) mass is 289 g/mol. The van der Waals surface area contributed by atoms with Crippen LogP contribution >= 0.6 is 0 Å².